The molecule has 1 heterocycles. The van der Waals surface area contributed by atoms with Crippen LogP contribution < -0.4 is 4.80 Å². The molecule has 3 rings (SSSR count). The summed E-state index contributed by atoms with van der Waals surface area (Å²) in [5, 5.41) is 2.10. The Morgan fingerprint density at radius 1 is 0.969 bits per heavy atom. The molecule has 0 aliphatic heterocycles. The largest absolute Gasteiger partial charge is 0.316 e. The van der Waals surface area contributed by atoms with Crippen LogP contribution in [0.4, 0.5) is 5.69 Å². The first-order valence-electron chi connectivity index (χ1n) is 10.9. The van der Waals surface area contributed by atoms with Crippen molar-refractivity contribution in [3.63, 3.8) is 0 Å². The van der Waals surface area contributed by atoms with Crippen molar-refractivity contribution in [2.45, 2.75) is 31.7 Å². The van der Waals surface area contributed by atoms with Gasteiger partial charge in [-0.05, 0) is 56.9 Å². The molecule has 3 aromatic rings. The van der Waals surface area contributed by atoms with Crippen LogP contribution in [0.15, 0.2) is 69.9 Å². The zero-order valence-corrected chi connectivity index (χ0v) is 20.9. The second kappa shape index (κ2) is 11.0. The zero-order chi connectivity index (χ0) is 23.1. The molecule has 0 fully saturated rings. The average molecular weight is 473 g/mol. The molecule has 0 N–H and O–H groups in total. The van der Waals surface area contributed by atoms with Gasteiger partial charge in [0.2, 0.25) is 10.0 Å². The lowest BCUT2D eigenvalue weighted by molar-refractivity contribution is 0.386. The van der Waals surface area contributed by atoms with Gasteiger partial charge in [-0.2, -0.15) is 4.31 Å². The van der Waals surface area contributed by atoms with Crippen molar-refractivity contribution in [2.75, 3.05) is 33.7 Å². The maximum Gasteiger partial charge on any atom is 0.243 e. The standard InChI is InChI=1S/C24H32N4O2S2/c1-5-27(6-2)32(29,30)22-15-13-20(14-16-22)23-19-31-24(25-21-11-8-7-9-12-21)28(23)18-10-17-26(3)4/h7-9,11-16,19H,5-6,10,17-18H2,1-4H3. The Morgan fingerprint density at radius 3 is 2.22 bits per heavy atom. The Morgan fingerprint density at radius 2 is 1.62 bits per heavy atom. The van der Waals surface area contributed by atoms with Crippen molar-refractivity contribution in [1.82, 2.24) is 13.8 Å². The molecule has 0 spiro atoms. The molecule has 0 unspecified atom stereocenters. The molecule has 8 heteroatoms. The summed E-state index contributed by atoms with van der Waals surface area (Å²) < 4.78 is 29.4. The van der Waals surface area contributed by atoms with E-state index in [1.54, 1.807) is 23.5 Å². The summed E-state index contributed by atoms with van der Waals surface area (Å²) in [4.78, 5) is 8.29. The number of hydrogen-bond donors (Lipinski definition) is 0. The van der Waals surface area contributed by atoms with Crippen LogP contribution in [-0.4, -0.2) is 55.9 Å². The molecule has 32 heavy (non-hydrogen) atoms. The van der Waals surface area contributed by atoms with Crippen LogP contribution in [0.25, 0.3) is 11.3 Å². The number of aromatic nitrogens is 1. The van der Waals surface area contributed by atoms with Crippen molar-refractivity contribution >= 4 is 27.0 Å². The van der Waals surface area contributed by atoms with E-state index in [1.165, 1.54) is 4.31 Å². The van der Waals surface area contributed by atoms with Gasteiger partial charge in [0.1, 0.15) is 0 Å². The van der Waals surface area contributed by atoms with Crippen LogP contribution in [-0.2, 0) is 16.6 Å². The van der Waals surface area contributed by atoms with E-state index in [9.17, 15) is 8.42 Å². The van der Waals surface area contributed by atoms with Gasteiger partial charge in [0.25, 0.3) is 0 Å². The summed E-state index contributed by atoms with van der Waals surface area (Å²) in [6.07, 6.45) is 0.993. The highest BCUT2D eigenvalue weighted by Crippen LogP contribution is 2.24. The van der Waals surface area contributed by atoms with E-state index in [0.29, 0.717) is 18.0 Å². The molecule has 0 aliphatic carbocycles. The Hall–Kier alpha value is -2.26. The fourth-order valence-electron chi connectivity index (χ4n) is 3.53. The SMILES string of the molecule is CCN(CC)S(=O)(=O)c1ccc(-c2csc(=Nc3ccccc3)n2CCCN(C)C)cc1. The Balaban J connectivity index is 1.99. The molecule has 0 saturated carbocycles. The van der Waals surface area contributed by atoms with E-state index >= 15 is 0 Å². The van der Waals surface area contributed by atoms with Gasteiger partial charge in [-0.15, -0.1) is 11.3 Å². The van der Waals surface area contributed by atoms with Gasteiger partial charge >= 0.3 is 0 Å². The molecule has 0 bridgehead atoms. The number of para-hydroxylation sites is 1. The number of thiazole rings is 1. The first-order valence-corrected chi connectivity index (χ1v) is 13.2. The van der Waals surface area contributed by atoms with Crippen molar-refractivity contribution in [1.29, 1.82) is 0 Å². The van der Waals surface area contributed by atoms with Gasteiger partial charge in [0.05, 0.1) is 16.3 Å². The monoisotopic (exact) mass is 472 g/mol. The number of benzene rings is 2. The minimum atomic E-state index is -3.46. The van der Waals surface area contributed by atoms with E-state index in [1.807, 2.05) is 56.3 Å². The topological polar surface area (TPSA) is 57.9 Å². The highest BCUT2D eigenvalue weighted by atomic mass is 32.2. The van der Waals surface area contributed by atoms with E-state index in [4.69, 9.17) is 4.99 Å². The minimum absolute atomic E-state index is 0.327. The summed E-state index contributed by atoms with van der Waals surface area (Å²) in [6, 6.07) is 17.2. The third-order valence-corrected chi connectivity index (χ3v) is 8.19. The third-order valence-electron chi connectivity index (χ3n) is 5.26. The predicted molar refractivity (Wildman–Crippen MR) is 133 cm³/mol. The van der Waals surface area contributed by atoms with Gasteiger partial charge in [0.15, 0.2) is 4.80 Å². The lowest BCUT2D eigenvalue weighted by Crippen LogP contribution is -2.30. The maximum atomic E-state index is 12.8. The Kier molecular flexibility index (Phi) is 8.42. The van der Waals surface area contributed by atoms with Gasteiger partial charge < -0.3 is 9.47 Å². The second-order valence-corrected chi connectivity index (χ2v) is 10.5. The van der Waals surface area contributed by atoms with Crippen LogP contribution in [0.2, 0.25) is 0 Å². The molecule has 0 saturated heterocycles. The van der Waals surface area contributed by atoms with Crippen LogP contribution in [0.5, 0.6) is 0 Å². The van der Waals surface area contributed by atoms with Crippen molar-refractivity contribution in [3.8, 4) is 11.3 Å². The summed E-state index contributed by atoms with van der Waals surface area (Å²) >= 11 is 1.60. The van der Waals surface area contributed by atoms with Crippen LogP contribution in [0.1, 0.15) is 20.3 Å². The lowest BCUT2D eigenvalue weighted by atomic mass is 10.2. The molecular weight excluding hydrogens is 440 g/mol. The van der Waals surface area contributed by atoms with E-state index in [0.717, 1.165) is 41.3 Å². The highest BCUT2D eigenvalue weighted by Gasteiger charge is 2.21. The van der Waals surface area contributed by atoms with Gasteiger partial charge in [0, 0.05) is 25.0 Å². The maximum absolute atomic E-state index is 12.8. The predicted octanol–water partition coefficient (Wildman–Crippen LogP) is 4.43. The van der Waals surface area contributed by atoms with Crippen LogP contribution >= 0.6 is 11.3 Å². The Bertz CT molecular complexity index is 1160. The van der Waals surface area contributed by atoms with Crippen LogP contribution in [0, 0.1) is 0 Å². The first kappa shape index (κ1) is 24.4. The third kappa shape index (κ3) is 5.75. The van der Waals surface area contributed by atoms with Gasteiger partial charge in [-0.3, -0.25) is 0 Å². The van der Waals surface area contributed by atoms with Crippen molar-refractivity contribution in [3.05, 3.63) is 64.8 Å². The molecule has 6 nitrogen and oxygen atoms in total. The molecule has 0 amide bonds. The van der Waals surface area contributed by atoms with E-state index < -0.39 is 10.0 Å². The van der Waals surface area contributed by atoms with E-state index in [2.05, 4.69) is 28.9 Å². The summed E-state index contributed by atoms with van der Waals surface area (Å²) in [7, 11) is 0.681. The molecule has 0 aliphatic rings. The van der Waals surface area contributed by atoms with Crippen molar-refractivity contribution < 1.29 is 8.42 Å². The van der Waals surface area contributed by atoms with Crippen LogP contribution in [0.3, 0.4) is 0 Å². The van der Waals surface area contributed by atoms with Crippen molar-refractivity contribution in [2.24, 2.45) is 4.99 Å². The smallest absolute Gasteiger partial charge is 0.243 e. The molecule has 0 atom stereocenters. The molecular formula is C24H32N4O2S2. The summed E-state index contributed by atoms with van der Waals surface area (Å²) in [6.45, 7) is 6.45. The molecule has 1 aromatic heterocycles. The quantitative estimate of drug-likeness (QED) is 0.439. The van der Waals surface area contributed by atoms with E-state index in [-0.39, 0.29) is 0 Å². The lowest BCUT2D eigenvalue weighted by Gasteiger charge is -2.18. The number of sulfonamides is 1. The zero-order valence-electron chi connectivity index (χ0n) is 19.2. The Labute approximate surface area is 195 Å². The fraction of sp³-hybridized carbons (Fsp3) is 0.375. The average Bonchev–Trinajstić information content (AvgIpc) is 3.17. The molecule has 0 radical (unpaired) electrons. The molecule has 172 valence electrons. The number of rotatable bonds is 10. The summed E-state index contributed by atoms with van der Waals surface area (Å²) in [5.41, 5.74) is 2.96. The second-order valence-electron chi connectivity index (χ2n) is 7.77. The first-order chi connectivity index (χ1) is 15.4. The number of nitrogens with zero attached hydrogens (tertiary/aromatic N) is 4. The molecule has 2 aromatic carbocycles. The number of hydrogen-bond acceptors (Lipinski definition) is 5. The van der Waals surface area contributed by atoms with Gasteiger partial charge in [-0.25, -0.2) is 13.4 Å². The van der Waals surface area contributed by atoms with Gasteiger partial charge in [-0.1, -0.05) is 44.2 Å². The highest BCUT2D eigenvalue weighted by molar-refractivity contribution is 7.89. The normalized spacial score (nSPS) is 12.8. The summed E-state index contributed by atoms with van der Waals surface area (Å²) in [5.74, 6) is 0. The minimum Gasteiger partial charge on any atom is -0.316 e. The fourth-order valence-corrected chi connectivity index (χ4v) is 5.95.